The van der Waals surface area contributed by atoms with Crippen LogP contribution in [0.25, 0.3) is 0 Å². The molecule has 324 valence electrons. The van der Waals surface area contributed by atoms with E-state index in [0.29, 0.717) is 65.7 Å². The number of aliphatic imine (C=N–C) groups is 1. The Bertz CT molecular complexity index is 2640. The quantitative estimate of drug-likeness (QED) is 0.108. The summed E-state index contributed by atoms with van der Waals surface area (Å²) in [4.78, 5) is 53.5. The van der Waals surface area contributed by atoms with E-state index in [2.05, 4.69) is 34.1 Å². The largest absolute Gasteiger partial charge is 0.493 e. The number of Topliss-reactive ketones (excluding diaryl/α,β-unsaturated/α-hetero) is 1. The lowest BCUT2D eigenvalue weighted by Gasteiger charge is -2.25. The first-order valence-electron chi connectivity index (χ1n) is 21.7. The highest BCUT2D eigenvalue weighted by molar-refractivity contribution is 6.15. The van der Waals surface area contributed by atoms with Gasteiger partial charge in [-0.25, -0.2) is 0 Å². The normalized spacial score (nSPS) is 17.0. The van der Waals surface area contributed by atoms with Gasteiger partial charge in [0.25, 0.3) is 11.8 Å². The van der Waals surface area contributed by atoms with Crippen LogP contribution in [0.15, 0.2) is 96.0 Å². The fourth-order valence-electron chi connectivity index (χ4n) is 9.28. The summed E-state index contributed by atoms with van der Waals surface area (Å²) in [5, 5.41) is 0. The van der Waals surface area contributed by atoms with Gasteiger partial charge < -0.3 is 33.6 Å². The van der Waals surface area contributed by atoms with Crippen molar-refractivity contribution in [2.24, 2.45) is 10.9 Å². The third-order valence-electron chi connectivity index (χ3n) is 12.7. The van der Waals surface area contributed by atoms with E-state index in [-0.39, 0.29) is 48.8 Å². The molecule has 12 heteroatoms. The van der Waals surface area contributed by atoms with Gasteiger partial charge in [-0.3, -0.25) is 24.3 Å². The summed E-state index contributed by atoms with van der Waals surface area (Å²) >= 11 is 0. The van der Waals surface area contributed by atoms with Crippen LogP contribution in [-0.2, 0) is 30.8 Å². The molecule has 4 aliphatic heterocycles. The fourth-order valence-corrected chi connectivity index (χ4v) is 9.28. The Hall–Kier alpha value is -6.82. The number of rotatable bonds is 14. The minimum atomic E-state index is -0.174. The lowest BCUT2D eigenvalue weighted by Crippen LogP contribution is -2.41. The highest BCUT2D eigenvalue weighted by Gasteiger charge is 2.40. The van der Waals surface area contributed by atoms with E-state index in [1.807, 2.05) is 92.5 Å². The minimum Gasteiger partial charge on any atom is -0.493 e. The second kappa shape index (κ2) is 17.2. The Labute approximate surface area is 368 Å². The molecule has 12 nitrogen and oxygen atoms in total. The van der Waals surface area contributed by atoms with Gasteiger partial charge in [0.2, 0.25) is 0 Å². The van der Waals surface area contributed by atoms with Crippen LogP contribution in [0.4, 0.5) is 28.4 Å². The van der Waals surface area contributed by atoms with E-state index in [1.54, 1.807) is 32.4 Å². The van der Waals surface area contributed by atoms with Gasteiger partial charge in [-0.05, 0) is 77.6 Å². The zero-order chi connectivity index (χ0) is 43.9. The number of carbonyl (C=O) groups excluding carboxylic acids is 3. The SMILES string of the molecule is COc1cc2c(cc1OCc1cc(COc3cc4c(cc3OC)C(=O)N3c5ccccc5C[C@H]3CN4C)cc(N(C)CCCC(=O)C(C)C)c1)N=C[C@@H]1Cc3ccccc3N1C2=O. The monoisotopic (exact) mass is 847 g/mol. The van der Waals surface area contributed by atoms with Crippen LogP contribution in [0.1, 0.15) is 69.7 Å². The van der Waals surface area contributed by atoms with Crippen molar-refractivity contribution in [3.05, 3.63) is 124 Å². The Balaban J connectivity index is 0.979. The highest BCUT2D eigenvalue weighted by atomic mass is 16.5. The molecule has 0 bridgehead atoms. The fraction of sp³-hybridized carbons (Fsp3) is 0.333. The summed E-state index contributed by atoms with van der Waals surface area (Å²) < 4.78 is 24.7. The number of amides is 2. The first-order valence-corrected chi connectivity index (χ1v) is 21.7. The molecule has 4 aliphatic rings. The van der Waals surface area contributed by atoms with Crippen molar-refractivity contribution >= 4 is 52.2 Å². The molecule has 0 N–H and O–H groups in total. The van der Waals surface area contributed by atoms with Crippen molar-refractivity contribution in [3.63, 3.8) is 0 Å². The topological polar surface area (TPSA) is 113 Å². The van der Waals surface area contributed by atoms with Crippen LogP contribution in [0.5, 0.6) is 23.0 Å². The van der Waals surface area contributed by atoms with E-state index in [4.69, 9.17) is 23.9 Å². The molecular formula is C51H53N5O7. The Morgan fingerprint density at radius 3 is 2.02 bits per heavy atom. The number of nitrogens with zero attached hydrogens (tertiary/aromatic N) is 5. The van der Waals surface area contributed by atoms with Gasteiger partial charge in [0.1, 0.15) is 19.0 Å². The Morgan fingerprint density at radius 2 is 1.35 bits per heavy atom. The van der Waals surface area contributed by atoms with E-state index in [9.17, 15) is 14.4 Å². The van der Waals surface area contributed by atoms with Crippen LogP contribution in [0.3, 0.4) is 0 Å². The second-order valence-electron chi connectivity index (χ2n) is 17.2. The number of ketones is 1. The Morgan fingerprint density at radius 1 is 0.746 bits per heavy atom. The second-order valence-corrected chi connectivity index (χ2v) is 17.2. The summed E-state index contributed by atoms with van der Waals surface area (Å²) in [6.07, 6.45) is 4.58. The minimum absolute atomic E-state index is 0.00101. The molecule has 9 rings (SSSR count). The average Bonchev–Trinajstić information content (AvgIpc) is 3.79. The van der Waals surface area contributed by atoms with E-state index in [1.165, 1.54) is 5.56 Å². The van der Waals surface area contributed by atoms with Gasteiger partial charge in [-0.2, -0.15) is 0 Å². The zero-order valence-corrected chi connectivity index (χ0v) is 36.7. The van der Waals surface area contributed by atoms with Gasteiger partial charge in [-0.1, -0.05) is 50.2 Å². The van der Waals surface area contributed by atoms with Gasteiger partial charge in [-0.15, -0.1) is 0 Å². The molecule has 0 saturated heterocycles. The van der Waals surface area contributed by atoms with Crippen LogP contribution < -0.4 is 38.5 Å². The number of benzene rings is 5. The zero-order valence-electron chi connectivity index (χ0n) is 36.7. The van der Waals surface area contributed by atoms with Gasteiger partial charge in [0.05, 0.1) is 48.8 Å². The first kappa shape index (κ1) is 41.5. The number of fused-ring (bicyclic) bond motifs is 8. The molecule has 0 aromatic heterocycles. The summed E-state index contributed by atoms with van der Waals surface area (Å²) in [6.45, 7) is 5.61. The molecule has 5 aromatic rings. The predicted octanol–water partition coefficient (Wildman–Crippen LogP) is 8.61. The van der Waals surface area contributed by atoms with Crippen molar-refractivity contribution < 1.29 is 33.3 Å². The number of para-hydroxylation sites is 2. The molecule has 5 aromatic carbocycles. The molecule has 63 heavy (non-hydrogen) atoms. The molecule has 0 aliphatic carbocycles. The molecule has 0 unspecified atom stereocenters. The molecule has 0 spiro atoms. The van der Waals surface area contributed by atoms with Gasteiger partial charge >= 0.3 is 0 Å². The Kier molecular flexibility index (Phi) is 11.3. The number of carbonyl (C=O) groups is 3. The third kappa shape index (κ3) is 7.94. The summed E-state index contributed by atoms with van der Waals surface area (Å²) in [7, 11) is 7.18. The number of anilines is 4. The summed E-state index contributed by atoms with van der Waals surface area (Å²) in [5.74, 6) is 1.94. The number of hydrogen-bond donors (Lipinski definition) is 0. The number of likely N-dealkylation sites (N-methyl/N-ethyl adjacent to an activating group) is 1. The number of ether oxygens (including phenoxy) is 4. The van der Waals surface area contributed by atoms with Crippen molar-refractivity contribution in [2.45, 2.75) is 64.8 Å². The molecule has 4 heterocycles. The van der Waals surface area contributed by atoms with E-state index in [0.717, 1.165) is 52.3 Å². The smallest absolute Gasteiger partial charge is 0.261 e. The maximum atomic E-state index is 14.2. The van der Waals surface area contributed by atoms with Crippen LogP contribution in [0.2, 0.25) is 0 Å². The molecule has 0 fully saturated rings. The van der Waals surface area contributed by atoms with Crippen LogP contribution in [-0.4, -0.2) is 77.3 Å². The number of hydrogen-bond acceptors (Lipinski definition) is 10. The maximum absolute atomic E-state index is 14.2. The lowest BCUT2D eigenvalue weighted by molar-refractivity contribution is -0.121. The van der Waals surface area contributed by atoms with Crippen molar-refractivity contribution in [2.75, 3.05) is 61.0 Å². The van der Waals surface area contributed by atoms with Crippen molar-refractivity contribution in [1.82, 2.24) is 0 Å². The molecule has 2 amide bonds. The summed E-state index contributed by atoms with van der Waals surface area (Å²) in [6, 6.07) is 29.3. The van der Waals surface area contributed by atoms with E-state index < -0.39 is 0 Å². The number of methoxy groups -OCH3 is 2. The standard InChI is InChI=1S/C51H53N5O7/c1-31(2)45(57)16-11-17-53(3)36-19-32(29-62-48-25-41-39(23-46(48)60-5)50(58)55-37(27-52-41)21-34-12-7-9-14-42(34)55)18-33(20-36)30-63-49-26-44-40(24-47(49)61-6)51(59)56-38(28-54(44)4)22-35-13-8-10-15-43(35)56/h7-10,12-15,18-20,23-27,31,37-38H,11,16-17,21-22,28-30H2,1-6H3/t37-,38-/m0/s1. The third-order valence-corrected chi connectivity index (χ3v) is 12.7. The molecule has 2 atom stereocenters. The molecule has 0 saturated carbocycles. The van der Waals surface area contributed by atoms with Gasteiger partial charge in [0, 0.05) is 81.4 Å². The molecule has 0 radical (unpaired) electrons. The maximum Gasteiger partial charge on any atom is 0.261 e. The first-order chi connectivity index (χ1) is 30.5. The lowest BCUT2D eigenvalue weighted by atomic mass is 10.0. The highest BCUT2D eigenvalue weighted by Crippen LogP contribution is 2.44. The van der Waals surface area contributed by atoms with E-state index >= 15 is 0 Å². The summed E-state index contributed by atoms with van der Waals surface area (Å²) in [5.41, 5.74) is 9.18. The van der Waals surface area contributed by atoms with Crippen molar-refractivity contribution in [1.29, 1.82) is 0 Å². The van der Waals surface area contributed by atoms with Crippen LogP contribution in [0, 0.1) is 5.92 Å². The predicted molar refractivity (Wildman–Crippen MR) is 246 cm³/mol. The van der Waals surface area contributed by atoms with Crippen LogP contribution >= 0.6 is 0 Å². The van der Waals surface area contributed by atoms with Crippen molar-refractivity contribution in [3.8, 4) is 23.0 Å². The average molecular weight is 848 g/mol. The molecular weight excluding hydrogens is 795 g/mol. The van der Waals surface area contributed by atoms with Gasteiger partial charge in [0.15, 0.2) is 23.0 Å².